The van der Waals surface area contributed by atoms with Crippen LogP contribution in [0.25, 0.3) is 0 Å². The average molecular weight is 235 g/mol. The molecule has 0 saturated heterocycles. The van der Waals surface area contributed by atoms with Crippen molar-refractivity contribution in [1.82, 2.24) is 0 Å². The number of hydrogen-bond acceptors (Lipinski definition) is 2. The van der Waals surface area contributed by atoms with Gasteiger partial charge in [0.25, 0.3) is 0 Å². The van der Waals surface area contributed by atoms with Crippen molar-refractivity contribution in [1.29, 1.82) is 0 Å². The van der Waals surface area contributed by atoms with E-state index in [-0.39, 0.29) is 6.10 Å². The summed E-state index contributed by atoms with van der Waals surface area (Å²) in [5.74, 6) is 0.617. The molecule has 0 amide bonds. The molecule has 2 nitrogen and oxygen atoms in total. The second-order valence-electron chi connectivity index (χ2n) is 4.84. The molecule has 0 aliphatic heterocycles. The van der Waals surface area contributed by atoms with Gasteiger partial charge in [0.2, 0.25) is 0 Å². The molecule has 3 N–H and O–H groups in total. The Morgan fingerprint density at radius 1 is 1.29 bits per heavy atom. The summed E-state index contributed by atoms with van der Waals surface area (Å²) >= 11 is 0. The van der Waals surface area contributed by atoms with Gasteiger partial charge < -0.3 is 10.8 Å². The molecule has 1 aromatic carbocycles. The van der Waals surface area contributed by atoms with Crippen molar-refractivity contribution in [3.63, 3.8) is 0 Å². The Hall–Kier alpha value is -1.02. The van der Waals surface area contributed by atoms with Crippen LogP contribution in [-0.2, 0) is 0 Å². The Kier molecular flexibility index (Phi) is 6.06. The summed E-state index contributed by atoms with van der Waals surface area (Å²) in [5.41, 5.74) is 7.40. The fraction of sp³-hybridized carbons (Fsp3) is 0.600. The molecule has 0 bridgehead atoms. The maximum absolute atomic E-state index is 10.2. The van der Waals surface area contributed by atoms with Crippen LogP contribution in [0.1, 0.15) is 57.6 Å². The topological polar surface area (TPSA) is 46.2 Å². The van der Waals surface area contributed by atoms with Crippen LogP contribution < -0.4 is 5.73 Å². The molecule has 2 heteroatoms. The SMILES string of the molecule is CCCCC(CC)CC(O)c1cccc(N)c1. The fourth-order valence-electron chi connectivity index (χ4n) is 2.20. The highest BCUT2D eigenvalue weighted by atomic mass is 16.3. The number of nitrogens with two attached hydrogens (primary N) is 1. The number of rotatable bonds is 7. The fourth-order valence-corrected chi connectivity index (χ4v) is 2.20. The van der Waals surface area contributed by atoms with Gasteiger partial charge >= 0.3 is 0 Å². The van der Waals surface area contributed by atoms with Gasteiger partial charge in [0.1, 0.15) is 0 Å². The number of nitrogen functional groups attached to an aromatic ring is 1. The van der Waals surface area contributed by atoms with Crippen LogP contribution in [0.5, 0.6) is 0 Å². The monoisotopic (exact) mass is 235 g/mol. The third-order valence-corrected chi connectivity index (χ3v) is 3.40. The first-order chi connectivity index (χ1) is 8.17. The predicted molar refractivity (Wildman–Crippen MR) is 73.7 cm³/mol. The standard InChI is InChI=1S/C15H25NO/c1-3-5-7-12(4-2)10-15(17)13-8-6-9-14(16)11-13/h6,8-9,11-12,15,17H,3-5,7,10,16H2,1-2H3. The lowest BCUT2D eigenvalue weighted by Crippen LogP contribution is -2.07. The lowest BCUT2D eigenvalue weighted by molar-refractivity contribution is 0.139. The first kappa shape index (κ1) is 14.0. The van der Waals surface area contributed by atoms with Crippen molar-refractivity contribution < 1.29 is 5.11 Å². The number of benzene rings is 1. The minimum atomic E-state index is -0.375. The number of unbranched alkanes of at least 4 members (excludes halogenated alkanes) is 1. The van der Waals surface area contributed by atoms with Gasteiger partial charge in [0.15, 0.2) is 0 Å². The van der Waals surface area contributed by atoms with Crippen molar-refractivity contribution in [2.75, 3.05) is 5.73 Å². The van der Waals surface area contributed by atoms with Gasteiger partial charge in [-0.2, -0.15) is 0 Å². The molecule has 2 unspecified atom stereocenters. The Labute approximate surface area is 105 Å². The van der Waals surface area contributed by atoms with E-state index in [0.717, 1.165) is 24.1 Å². The third-order valence-electron chi connectivity index (χ3n) is 3.40. The van der Waals surface area contributed by atoms with Gasteiger partial charge in [-0.05, 0) is 30.0 Å². The zero-order valence-corrected chi connectivity index (χ0v) is 11.0. The van der Waals surface area contributed by atoms with Crippen LogP contribution in [0.4, 0.5) is 5.69 Å². The molecular weight excluding hydrogens is 210 g/mol. The van der Waals surface area contributed by atoms with Gasteiger partial charge in [-0.15, -0.1) is 0 Å². The van der Waals surface area contributed by atoms with E-state index in [4.69, 9.17) is 5.73 Å². The number of aliphatic hydroxyl groups excluding tert-OH is 1. The molecule has 2 atom stereocenters. The van der Waals surface area contributed by atoms with E-state index in [1.807, 2.05) is 24.3 Å². The van der Waals surface area contributed by atoms with Crippen LogP contribution in [0.2, 0.25) is 0 Å². The largest absolute Gasteiger partial charge is 0.399 e. The molecule has 0 radical (unpaired) electrons. The molecule has 96 valence electrons. The Morgan fingerprint density at radius 3 is 2.65 bits per heavy atom. The number of aliphatic hydroxyl groups is 1. The van der Waals surface area contributed by atoms with Gasteiger partial charge in [0, 0.05) is 5.69 Å². The normalized spacial score (nSPS) is 14.5. The molecule has 0 spiro atoms. The molecule has 0 aliphatic carbocycles. The van der Waals surface area contributed by atoms with Crippen LogP contribution in [-0.4, -0.2) is 5.11 Å². The lowest BCUT2D eigenvalue weighted by atomic mass is 9.90. The van der Waals surface area contributed by atoms with E-state index in [0.29, 0.717) is 5.92 Å². The number of anilines is 1. The highest BCUT2D eigenvalue weighted by molar-refractivity contribution is 5.41. The minimum Gasteiger partial charge on any atom is -0.399 e. The molecule has 0 aliphatic rings. The highest BCUT2D eigenvalue weighted by Crippen LogP contribution is 2.27. The van der Waals surface area contributed by atoms with Crippen LogP contribution in [0, 0.1) is 5.92 Å². The average Bonchev–Trinajstić information content (AvgIpc) is 2.34. The Bertz CT molecular complexity index is 324. The van der Waals surface area contributed by atoms with Gasteiger partial charge in [0.05, 0.1) is 6.10 Å². The minimum absolute atomic E-state index is 0.375. The smallest absolute Gasteiger partial charge is 0.0793 e. The molecule has 17 heavy (non-hydrogen) atoms. The molecule has 1 aromatic rings. The van der Waals surface area contributed by atoms with Crippen molar-refractivity contribution in [2.24, 2.45) is 5.92 Å². The highest BCUT2D eigenvalue weighted by Gasteiger charge is 2.14. The molecule has 0 heterocycles. The maximum atomic E-state index is 10.2. The van der Waals surface area contributed by atoms with E-state index in [9.17, 15) is 5.11 Å². The predicted octanol–water partition coefficient (Wildman–Crippen LogP) is 3.91. The summed E-state index contributed by atoms with van der Waals surface area (Å²) in [7, 11) is 0. The van der Waals surface area contributed by atoms with Gasteiger partial charge in [-0.25, -0.2) is 0 Å². The van der Waals surface area contributed by atoms with Gasteiger partial charge in [-0.3, -0.25) is 0 Å². The van der Waals surface area contributed by atoms with Crippen molar-refractivity contribution >= 4 is 5.69 Å². The van der Waals surface area contributed by atoms with E-state index in [1.165, 1.54) is 19.3 Å². The summed E-state index contributed by atoms with van der Waals surface area (Å²) in [6, 6.07) is 7.58. The zero-order valence-electron chi connectivity index (χ0n) is 11.0. The summed E-state index contributed by atoms with van der Waals surface area (Å²) < 4.78 is 0. The van der Waals surface area contributed by atoms with E-state index in [2.05, 4.69) is 13.8 Å². The lowest BCUT2D eigenvalue weighted by Gasteiger charge is -2.19. The summed E-state index contributed by atoms with van der Waals surface area (Å²) in [6.07, 6.45) is 5.30. The zero-order chi connectivity index (χ0) is 12.7. The van der Waals surface area contributed by atoms with Crippen LogP contribution >= 0.6 is 0 Å². The van der Waals surface area contributed by atoms with Crippen molar-refractivity contribution in [2.45, 2.75) is 52.1 Å². The molecule has 0 aromatic heterocycles. The van der Waals surface area contributed by atoms with E-state index >= 15 is 0 Å². The summed E-state index contributed by atoms with van der Waals surface area (Å²) in [4.78, 5) is 0. The van der Waals surface area contributed by atoms with Crippen LogP contribution in [0.15, 0.2) is 24.3 Å². The van der Waals surface area contributed by atoms with Crippen molar-refractivity contribution in [3.05, 3.63) is 29.8 Å². The molecule has 0 fully saturated rings. The van der Waals surface area contributed by atoms with Crippen LogP contribution in [0.3, 0.4) is 0 Å². The quantitative estimate of drug-likeness (QED) is 0.704. The molecule has 0 saturated carbocycles. The van der Waals surface area contributed by atoms with E-state index in [1.54, 1.807) is 0 Å². The molecule has 1 rings (SSSR count). The first-order valence-electron chi connectivity index (χ1n) is 6.70. The Morgan fingerprint density at radius 2 is 2.06 bits per heavy atom. The second-order valence-corrected chi connectivity index (χ2v) is 4.84. The third kappa shape index (κ3) is 4.78. The summed E-state index contributed by atoms with van der Waals surface area (Å²) in [6.45, 7) is 4.41. The Balaban J connectivity index is 2.54. The van der Waals surface area contributed by atoms with Crippen molar-refractivity contribution in [3.8, 4) is 0 Å². The maximum Gasteiger partial charge on any atom is 0.0793 e. The van der Waals surface area contributed by atoms with Gasteiger partial charge in [-0.1, -0.05) is 51.7 Å². The second kappa shape index (κ2) is 7.33. The molecular formula is C15H25NO. The first-order valence-corrected chi connectivity index (χ1v) is 6.70. The number of hydrogen-bond donors (Lipinski definition) is 2. The summed E-state index contributed by atoms with van der Waals surface area (Å²) in [5, 5.41) is 10.2. The van der Waals surface area contributed by atoms with E-state index < -0.39 is 0 Å².